The minimum Gasteiger partial charge on any atom is -0.369 e. The summed E-state index contributed by atoms with van der Waals surface area (Å²) in [5.41, 5.74) is 9.54. The van der Waals surface area contributed by atoms with Crippen LogP contribution in [0.15, 0.2) is 39.0 Å². The molecule has 2 aromatic rings. The van der Waals surface area contributed by atoms with Crippen molar-refractivity contribution in [3.8, 4) is 0 Å². The average molecular weight is 384 g/mol. The third-order valence-corrected chi connectivity index (χ3v) is 4.09. The highest BCUT2D eigenvalue weighted by atomic mass is 79.9. The first-order valence-electron chi connectivity index (χ1n) is 6.15. The SMILES string of the molecule is C/C(=N\Nc1nnc(SCC(N)=O)n1N)c1ccc(Br)cc1. The summed E-state index contributed by atoms with van der Waals surface area (Å²) >= 11 is 4.48. The molecule has 0 saturated carbocycles. The lowest BCUT2D eigenvalue weighted by Gasteiger charge is -2.04. The molecule has 8 nitrogen and oxygen atoms in total. The number of primary amides is 1. The molecule has 0 aliphatic carbocycles. The molecular weight excluding hydrogens is 370 g/mol. The highest BCUT2D eigenvalue weighted by molar-refractivity contribution is 9.10. The second-order valence-corrected chi connectivity index (χ2v) is 6.11. The van der Waals surface area contributed by atoms with E-state index in [2.05, 4.69) is 36.7 Å². The molecule has 0 bridgehead atoms. The number of carbonyl (C=O) groups excluding carboxylic acids is 1. The summed E-state index contributed by atoms with van der Waals surface area (Å²) in [4.78, 5) is 10.7. The molecule has 0 aliphatic rings. The number of thioether (sulfide) groups is 1. The Hall–Kier alpha value is -2.07. The highest BCUT2D eigenvalue weighted by Crippen LogP contribution is 2.16. The molecular formula is C12H14BrN7OS. The maximum Gasteiger partial charge on any atom is 0.264 e. The number of benzene rings is 1. The van der Waals surface area contributed by atoms with Gasteiger partial charge < -0.3 is 11.6 Å². The molecule has 10 heteroatoms. The van der Waals surface area contributed by atoms with Crippen molar-refractivity contribution in [3.05, 3.63) is 34.3 Å². The van der Waals surface area contributed by atoms with Gasteiger partial charge in [-0.05, 0) is 24.6 Å². The minimum atomic E-state index is -0.452. The Morgan fingerprint density at radius 2 is 2.09 bits per heavy atom. The molecule has 5 N–H and O–H groups in total. The molecule has 0 saturated heterocycles. The molecule has 0 aliphatic heterocycles. The molecule has 2 rings (SSSR count). The van der Waals surface area contributed by atoms with Crippen LogP contribution < -0.4 is 17.0 Å². The molecule has 22 heavy (non-hydrogen) atoms. The Morgan fingerprint density at radius 1 is 1.41 bits per heavy atom. The number of halogens is 1. The molecule has 1 aromatic heterocycles. The lowest BCUT2D eigenvalue weighted by atomic mass is 10.1. The van der Waals surface area contributed by atoms with Gasteiger partial charge in [0.1, 0.15) is 0 Å². The Kier molecular flexibility index (Phi) is 5.39. The summed E-state index contributed by atoms with van der Waals surface area (Å²) in [6.45, 7) is 1.86. The van der Waals surface area contributed by atoms with E-state index in [-0.39, 0.29) is 11.7 Å². The summed E-state index contributed by atoms with van der Waals surface area (Å²) in [5.74, 6) is 5.71. The van der Waals surface area contributed by atoms with E-state index in [1.54, 1.807) is 0 Å². The number of rotatable bonds is 6. The first-order valence-corrected chi connectivity index (χ1v) is 7.93. The van der Waals surface area contributed by atoms with E-state index in [4.69, 9.17) is 11.6 Å². The zero-order chi connectivity index (χ0) is 16.1. The van der Waals surface area contributed by atoms with E-state index in [1.807, 2.05) is 31.2 Å². The van der Waals surface area contributed by atoms with Crippen molar-refractivity contribution in [1.29, 1.82) is 0 Å². The number of hydrogen-bond donors (Lipinski definition) is 3. The smallest absolute Gasteiger partial charge is 0.264 e. The molecule has 1 amide bonds. The molecule has 0 atom stereocenters. The van der Waals surface area contributed by atoms with Crippen molar-refractivity contribution >= 4 is 45.3 Å². The number of aromatic nitrogens is 3. The van der Waals surface area contributed by atoms with Crippen molar-refractivity contribution in [1.82, 2.24) is 14.9 Å². The number of nitrogen functional groups attached to an aromatic ring is 1. The van der Waals surface area contributed by atoms with Gasteiger partial charge in [-0.3, -0.25) is 4.79 Å². The fourth-order valence-electron chi connectivity index (χ4n) is 1.48. The summed E-state index contributed by atoms with van der Waals surface area (Å²) < 4.78 is 2.21. The number of amides is 1. The number of hydrazone groups is 1. The number of nitrogens with zero attached hydrogens (tertiary/aromatic N) is 4. The van der Waals surface area contributed by atoms with Crippen LogP contribution in [0.5, 0.6) is 0 Å². The number of carbonyl (C=O) groups is 1. The zero-order valence-corrected chi connectivity index (χ0v) is 14.1. The van der Waals surface area contributed by atoms with Crippen LogP contribution in [0.4, 0.5) is 5.95 Å². The quantitative estimate of drug-likeness (QED) is 0.297. The Morgan fingerprint density at radius 3 is 2.73 bits per heavy atom. The minimum absolute atomic E-state index is 0.0799. The van der Waals surface area contributed by atoms with Crippen LogP contribution in [0, 0.1) is 0 Å². The summed E-state index contributed by atoms with van der Waals surface area (Å²) in [6.07, 6.45) is 0. The van der Waals surface area contributed by atoms with Crippen LogP contribution in [-0.4, -0.2) is 32.2 Å². The van der Waals surface area contributed by atoms with Gasteiger partial charge in [0, 0.05) is 4.47 Å². The molecule has 0 unspecified atom stereocenters. The van der Waals surface area contributed by atoms with Crippen molar-refractivity contribution in [2.24, 2.45) is 10.8 Å². The van der Waals surface area contributed by atoms with E-state index in [9.17, 15) is 4.79 Å². The van der Waals surface area contributed by atoms with Crippen LogP contribution in [-0.2, 0) is 4.79 Å². The largest absolute Gasteiger partial charge is 0.369 e. The van der Waals surface area contributed by atoms with Crippen molar-refractivity contribution in [3.63, 3.8) is 0 Å². The van der Waals surface area contributed by atoms with E-state index >= 15 is 0 Å². The van der Waals surface area contributed by atoms with Gasteiger partial charge >= 0.3 is 0 Å². The van der Waals surface area contributed by atoms with Gasteiger partial charge in [-0.15, -0.1) is 10.2 Å². The van der Waals surface area contributed by atoms with E-state index in [0.29, 0.717) is 5.16 Å². The van der Waals surface area contributed by atoms with Gasteiger partial charge in [0.2, 0.25) is 11.1 Å². The normalized spacial score (nSPS) is 11.5. The topological polar surface area (TPSA) is 124 Å². The van der Waals surface area contributed by atoms with Gasteiger partial charge in [0.25, 0.3) is 5.95 Å². The third kappa shape index (κ3) is 4.21. The maximum absolute atomic E-state index is 10.7. The average Bonchev–Trinajstić information content (AvgIpc) is 2.84. The Balaban J connectivity index is 2.06. The predicted octanol–water partition coefficient (Wildman–Crippen LogP) is 1.17. The number of hydrogen-bond acceptors (Lipinski definition) is 7. The summed E-state index contributed by atoms with van der Waals surface area (Å²) in [6, 6.07) is 7.73. The lowest BCUT2D eigenvalue weighted by Crippen LogP contribution is -2.16. The highest BCUT2D eigenvalue weighted by Gasteiger charge is 2.10. The first-order chi connectivity index (χ1) is 10.5. The molecule has 0 spiro atoms. The van der Waals surface area contributed by atoms with Crippen LogP contribution >= 0.6 is 27.7 Å². The van der Waals surface area contributed by atoms with Crippen LogP contribution in [0.2, 0.25) is 0 Å². The first kappa shape index (κ1) is 16.3. The van der Waals surface area contributed by atoms with E-state index in [1.165, 1.54) is 4.68 Å². The van der Waals surface area contributed by atoms with E-state index < -0.39 is 5.91 Å². The fourth-order valence-corrected chi connectivity index (χ4v) is 2.34. The van der Waals surface area contributed by atoms with Crippen molar-refractivity contribution < 1.29 is 4.79 Å². The Bertz CT molecular complexity index is 698. The van der Waals surface area contributed by atoms with Crippen LogP contribution in [0.1, 0.15) is 12.5 Å². The number of nitrogens with two attached hydrogens (primary N) is 2. The maximum atomic E-state index is 10.7. The van der Waals surface area contributed by atoms with Crippen molar-refractivity contribution in [2.45, 2.75) is 12.1 Å². The van der Waals surface area contributed by atoms with Crippen molar-refractivity contribution in [2.75, 3.05) is 17.0 Å². The second-order valence-electron chi connectivity index (χ2n) is 4.25. The summed E-state index contributed by atoms with van der Waals surface area (Å²) in [7, 11) is 0. The van der Waals surface area contributed by atoms with Gasteiger partial charge in [-0.2, -0.15) is 5.10 Å². The fraction of sp³-hybridized carbons (Fsp3) is 0.167. The second kappa shape index (κ2) is 7.27. The van der Waals surface area contributed by atoms with Gasteiger partial charge in [0.05, 0.1) is 11.5 Å². The van der Waals surface area contributed by atoms with Gasteiger partial charge in [0.15, 0.2) is 0 Å². The predicted molar refractivity (Wildman–Crippen MR) is 90.1 cm³/mol. The monoisotopic (exact) mass is 383 g/mol. The number of nitrogens with one attached hydrogen (secondary N) is 1. The Labute approximate surface area is 139 Å². The number of anilines is 1. The summed E-state index contributed by atoms with van der Waals surface area (Å²) in [5, 5.41) is 12.3. The third-order valence-electron chi connectivity index (χ3n) is 2.59. The van der Waals surface area contributed by atoms with E-state index in [0.717, 1.165) is 27.5 Å². The van der Waals surface area contributed by atoms with Gasteiger partial charge in [-0.1, -0.05) is 39.8 Å². The molecule has 116 valence electrons. The molecule has 0 fully saturated rings. The van der Waals surface area contributed by atoms with Crippen LogP contribution in [0.3, 0.4) is 0 Å². The zero-order valence-electron chi connectivity index (χ0n) is 11.7. The standard InChI is InChI=1S/C12H14BrN7OS/c1-7(8-2-4-9(13)5-3-8)16-17-11-18-19-12(20(11)15)22-6-10(14)21/h2-5H,6,15H2,1H3,(H2,14,21)(H,17,18)/b16-7+. The molecule has 0 radical (unpaired) electrons. The molecule has 1 heterocycles. The molecule has 1 aromatic carbocycles. The van der Waals surface area contributed by atoms with Gasteiger partial charge in [-0.25, -0.2) is 10.1 Å². The lowest BCUT2D eigenvalue weighted by molar-refractivity contribution is -0.115. The van der Waals surface area contributed by atoms with Crippen LogP contribution in [0.25, 0.3) is 0 Å².